The molecule has 7 heteroatoms. The van der Waals surface area contributed by atoms with Gasteiger partial charge in [0.2, 0.25) is 0 Å². The zero-order valence-electron chi connectivity index (χ0n) is 17.2. The fourth-order valence-corrected chi connectivity index (χ4v) is 3.62. The number of rotatable bonds is 10. The largest absolute Gasteiger partial charge is 0.494 e. The number of nitrogens with one attached hydrogen (secondary N) is 1. The van der Waals surface area contributed by atoms with E-state index in [-0.39, 0.29) is 0 Å². The maximum atomic E-state index is 5.89. The average Bonchev–Trinajstić information content (AvgIpc) is 2.74. The van der Waals surface area contributed by atoms with Crippen LogP contribution in [0.1, 0.15) is 18.2 Å². The van der Waals surface area contributed by atoms with E-state index in [2.05, 4.69) is 32.5 Å². The number of nitrogens with zero attached hydrogens (tertiary/aromatic N) is 3. The molecule has 0 saturated carbocycles. The smallest absolute Gasteiger partial charge is 0.121 e. The second kappa shape index (κ2) is 11.0. The van der Waals surface area contributed by atoms with Crippen LogP contribution >= 0.6 is 23.2 Å². The van der Waals surface area contributed by atoms with Crippen LogP contribution in [0, 0.1) is 6.92 Å². The molecule has 1 N–H and O–H groups in total. The van der Waals surface area contributed by atoms with Gasteiger partial charge in [-0.05, 0) is 49.7 Å². The highest BCUT2D eigenvalue weighted by atomic mass is 35.5. The van der Waals surface area contributed by atoms with Crippen LogP contribution in [0.4, 0.5) is 11.4 Å². The number of aryl methyl sites for hydroxylation is 1. The van der Waals surface area contributed by atoms with Crippen LogP contribution < -0.4 is 15.1 Å². The molecule has 0 atom stereocenters. The molecule has 3 aromatic rings. The highest BCUT2D eigenvalue weighted by molar-refractivity contribution is 6.18. The quantitative estimate of drug-likeness (QED) is 0.248. The van der Waals surface area contributed by atoms with Gasteiger partial charge in [-0.15, -0.1) is 23.2 Å². The Morgan fingerprint density at radius 2 is 1.80 bits per heavy atom. The Hall–Kier alpha value is -2.50. The van der Waals surface area contributed by atoms with Crippen molar-refractivity contribution in [3.63, 3.8) is 0 Å². The number of benzene rings is 2. The molecule has 0 aliphatic rings. The van der Waals surface area contributed by atoms with Gasteiger partial charge in [-0.2, -0.15) is 5.10 Å². The minimum absolute atomic E-state index is 0.565. The predicted octanol–water partition coefficient (Wildman–Crippen LogP) is 5.67. The molecule has 5 nitrogen and oxygen atoms in total. The number of halogens is 2. The van der Waals surface area contributed by atoms with Crippen molar-refractivity contribution in [2.24, 2.45) is 5.10 Å². The number of hydrogen-bond donors (Lipinski definition) is 1. The van der Waals surface area contributed by atoms with Gasteiger partial charge in [-0.3, -0.25) is 10.4 Å². The molecule has 2 aromatic carbocycles. The van der Waals surface area contributed by atoms with Crippen LogP contribution in [0.15, 0.2) is 53.6 Å². The van der Waals surface area contributed by atoms with Crippen LogP contribution in [-0.2, 0) is 0 Å². The van der Waals surface area contributed by atoms with Gasteiger partial charge in [0.25, 0.3) is 0 Å². The van der Waals surface area contributed by atoms with Gasteiger partial charge in [0.15, 0.2) is 0 Å². The molecule has 0 spiro atoms. The molecule has 0 unspecified atom stereocenters. The van der Waals surface area contributed by atoms with Crippen molar-refractivity contribution < 1.29 is 4.74 Å². The van der Waals surface area contributed by atoms with Crippen molar-refractivity contribution in [3.8, 4) is 5.75 Å². The molecule has 158 valence electrons. The minimum Gasteiger partial charge on any atom is -0.494 e. The van der Waals surface area contributed by atoms with Crippen molar-refractivity contribution >= 4 is 51.7 Å². The summed E-state index contributed by atoms with van der Waals surface area (Å²) in [6, 6.07) is 16.1. The Kier molecular flexibility index (Phi) is 8.17. The number of pyridine rings is 1. The molecule has 3 rings (SSSR count). The molecule has 1 heterocycles. The lowest BCUT2D eigenvalue weighted by atomic mass is 10.1. The lowest BCUT2D eigenvalue weighted by molar-refractivity contribution is 0.340. The Balaban J connectivity index is 1.74. The SMILES string of the molecule is CCOc1ccc2c(N/N=C\c3ccc(N(CCCl)CCCl)cc3)cc(C)nc2c1. The van der Waals surface area contributed by atoms with Crippen molar-refractivity contribution in [1.82, 2.24) is 4.98 Å². The van der Waals surface area contributed by atoms with E-state index in [4.69, 9.17) is 27.9 Å². The summed E-state index contributed by atoms with van der Waals surface area (Å²) in [4.78, 5) is 6.77. The van der Waals surface area contributed by atoms with E-state index < -0.39 is 0 Å². The summed E-state index contributed by atoms with van der Waals surface area (Å²) in [5.74, 6) is 1.94. The standard InChI is InChI=1S/C23H26Cl2N4O/c1-3-30-20-8-9-21-22(15-20)27-17(2)14-23(21)28-26-16-18-4-6-19(7-5-18)29(12-10-24)13-11-25/h4-9,14-16H,3,10-13H2,1-2H3,(H,27,28)/b26-16-. The number of aromatic nitrogens is 1. The number of ether oxygens (including phenoxy) is 1. The third-order valence-electron chi connectivity index (χ3n) is 4.59. The fourth-order valence-electron chi connectivity index (χ4n) is 3.21. The zero-order chi connectivity index (χ0) is 21.3. The summed E-state index contributed by atoms with van der Waals surface area (Å²) in [6.07, 6.45) is 1.80. The number of anilines is 2. The van der Waals surface area contributed by atoms with Crippen molar-refractivity contribution in [2.75, 3.05) is 41.8 Å². The normalized spacial score (nSPS) is 11.2. The molecular weight excluding hydrogens is 419 g/mol. The molecule has 30 heavy (non-hydrogen) atoms. The molecule has 0 saturated heterocycles. The van der Waals surface area contributed by atoms with Crippen molar-refractivity contribution in [1.29, 1.82) is 0 Å². The summed E-state index contributed by atoms with van der Waals surface area (Å²) >= 11 is 11.8. The lowest BCUT2D eigenvalue weighted by Gasteiger charge is -2.22. The second-order valence-electron chi connectivity index (χ2n) is 6.75. The monoisotopic (exact) mass is 444 g/mol. The summed E-state index contributed by atoms with van der Waals surface area (Å²) in [6.45, 7) is 6.09. The number of hydrazone groups is 1. The molecule has 0 bridgehead atoms. The summed E-state index contributed by atoms with van der Waals surface area (Å²) in [5, 5.41) is 5.41. The van der Waals surface area contributed by atoms with E-state index >= 15 is 0 Å². The van der Waals surface area contributed by atoms with E-state index in [0.29, 0.717) is 18.4 Å². The van der Waals surface area contributed by atoms with Crippen LogP contribution in [0.3, 0.4) is 0 Å². The van der Waals surface area contributed by atoms with Gasteiger partial charge >= 0.3 is 0 Å². The maximum Gasteiger partial charge on any atom is 0.121 e. The highest BCUT2D eigenvalue weighted by Gasteiger charge is 2.06. The van der Waals surface area contributed by atoms with Crippen molar-refractivity contribution in [2.45, 2.75) is 13.8 Å². The van der Waals surface area contributed by atoms with Gasteiger partial charge in [-0.1, -0.05) is 12.1 Å². The third kappa shape index (κ3) is 5.77. The van der Waals surface area contributed by atoms with E-state index in [1.165, 1.54) is 0 Å². The number of hydrogen-bond acceptors (Lipinski definition) is 5. The molecule has 0 amide bonds. The van der Waals surface area contributed by atoms with E-state index in [0.717, 1.165) is 52.4 Å². The van der Waals surface area contributed by atoms with Crippen LogP contribution in [0.2, 0.25) is 0 Å². The number of alkyl halides is 2. The Bertz CT molecular complexity index is 986. The summed E-state index contributed by atoms with van der Waals surface area (Å²) in [5.41, 5.74) is 7.94. The lowest BCUT2D eigenvalue weighted by Crippen LogP contribution is -2.27. The first kappa shape index (κ1) is 22.2. The van der Waals surface area contributed by atoms with Gasteiger partial charge in [-0.25, -0.2) is 0 Å². The van der Waals surface area contributed by atoms with Crippen LogP contribution in [0.25, 0.3) is 10.9 Å². The topological polar surface area (TPSA) is 49.8 Å². The molecule has 0 aliphatic heterocycles. The Morgan fingerprint density at radius 1 is 1.07 bits per heavy atom. The maximum absolute atomic E-state index is 5.89. The molecule has 0 radical (unpaired) electrons. The van der Waals surface area contributed by atoms with Gasteiger partial charge in [0, 0.05) is 47.7 Å². The van der Waals surface area contributed by atoms with Crippen LogP contribution in [-0.4, -0.2) is 42.7 Å². The van der Waals surface area contributed by atoms with E-state index in [1.54, 1.807) is 6.21 Å². The molecule has 0 fully saturated rings. The van der Waals surface area contributed by atoms with Gasteiger partial charge < -0.3 is 9.64 Å². The third-order valence-corrected chi connectivity index (χ3v) is 4.92. The van der Waals surface area contributed by atoms with E-state index in [9.17, 15) is 0 Å². The Morgan fingerprint density at radius 3 is 2.47 bits per heavy atom. The number of fused-ring (bicyclic) bond motifs is 1. The van der Waals surface area contributed by atoms with E-state index in [1.807, 2.05) is 50.2 Å². The molecule has 0 aliphatic carbocycles. The second-order valence-corrected chi connectivity index (χ2v) is 7.51. The van der Waals surface area contributed by atoms with Crippen LogP contribution in [0.5, 0.6) is 5.75 Å². The van der Waals surface area contributed by atoms with Crippen molar-refractivity contribution in [3.05, 3.63) is 59.8 Å². The molecule has 1 aromatic heterocycles. The summed E-state index contributed by atoms with van der Waals surface area (Å²) < 4.78 is 5.58. The average molecular weight is 445 g/mol. The van der Waals surface area contributed by atoms with Gasteiger partial charge in [0.05, 0.1) is 24.0 Å². The minimum atomic E-state index is 0.565. The Labute approximate surface area is 187 Å². The first-order valence-corrected chi connectivity index (χ1v) is 11.0. The zero-order valence-corrected chi connectivity index (χ0v) is 18.7. The fraction of sp³-hybridized carbons (Fsp3) is 0.304. The summed E-state index contributed by atoms with van der Waals surface area (Å²) in [7, 11) is 0. The molecular formula is C23H26Cl2N4O. The first-order chi connectivity index (χ1) is 14.6. The predicted molar refractivity (Wildman–Crippen MR) is 129 cm³/mol. The van der Waals surface area contributed by atoms with Gasteiger partial charge in [0.1, 0.15) is 5.75 Å². The highest BCUT2D eigenvalue weighted by Crippen LogP contribution is 2.27. The first-order valence-electron chi connectivity index (χ1n) is 9.94.